The van der Waals surface area contributed by atoms with Crippen LogP contribution in [-0.2, 0) is 0 Å². The molecule has 2 rings (SSSR count). The molecule has 0 aliphatic carbocycles. The first kappa shape index (κ1) is 13.7. The van der Waals surface area contributed by atoms with Crippen molar-refractivity contribution in [2.45, 2.75) is 6.04 Å². The molecule has 1 fully saturated rings. The number of anilines is 2. The second-order valence-electron chi connectivity index (χ2n) is 5.19. The summed E-state index contributed by atoms with van der Waals surface area (Å²) in [5.74, 6) is 0. The first-order chi connectivity index (χ1) is 9.10. The number of nitrogens with two attached hydrogens (primary N) is 1. The normalized spacial score (nSPS) is 21.0. The Bertz CT molecular complexity index is 479. The van der Waals surface area contributed by atoms with Gasteiger partial charge in [-0.3, -0.25) is 4.90 Å². The highest BCUT2D eigenvalue weighted by molar-refractivity contribution is 5.68. The van der Waals surface area contributed by atoms with Crippen LogP contribution in [0.15, 0.2) is 18.2 Å². The van der Waals surface area contributed by atoms with Gasteiger partial charge in [0.1, 0.15) is 0 Å². The summed E-state index contributed by atoms with van der Waals surface area (Å²) < 4.78 is 0. The third-order valence-corrected chi connectivity index (χ3v) is 3.69. The van der Waals surface area contributed by atoms with Crippen molar-refractivity contribution in [3.05, 3.63) is 23.8 Å². The molecule has 0 spiro atoms. The molecule has 1 atom stereocenters. The molecule has 1 heterocycles. The third kappa shape index (κ3) is 3.37. The highest BCUT2D eigenvalue weighted by atomic mass is 15.3. The maximum Gasteiger partial charge on any atom is 0.0992 e. The summed E-state index contributed by atoms with van der Waals surface area (Å²) >= 11 is 0. The summed E-state index contributed by atoms with van der Waals surface area (Å²) in [4.78, 5) is 4.71. The van der Waals surface area contributed by atoms with Crippen LogP contribution in [0.4, 0.5) is 11.4 Å². The van der Waals surface area contributed by atoms with E-state index in [9.17, 15) is 0 Å². The fourth-order valence-electron chi connectivity index (χ4n) is 2.34. The molecule has 19 heavy (non-hydrogen) atoms. The Morgan fingerprint density at radius 1 is 1.42 bits per heavy atom. The maximum atomic E-state index is 8.81. The van der Waals surface area contributed by atoms with Crippen LogP contribution in [0.3, 0.4) is 0 Å². The number of nitrogens with zero attached hydrogens (tertiary/aromatic N) is 3. The van der Waals surface area contributed by atoms with Gasteiger partial charge in [-0.1, -0.05) is 0 Å². The predicted octanol–water partition coefficient (Wildman–Crippen LogP) is 0.798. The minimum absolute atomic E-state index is 0.480. The molecule has 102 valence electrons. The lowest BCUT2D eigenvalue weighted by atomic mass is 10.1. The molecule has 3 N–H and O–H groups in total. The minimum Gasteiger partial charge on any atom is -0.397 e. The smallest absolute Gasteiger partial charge is 0.0992 e. The van der Waals surface area contributed by atoms with Crippen molar-refractivity contribution in [3.63, 3.8) is 0 Å². The molecule has 0 amide bonds. The fraction of sp³-hybridized carbons (Fsp3) is 0.500. The summed E-state index contributed by atoms with van der Waals surface area (Å²) in [6.45, 7) is 4.12. The van der Waals surface area contributed by atoms with Gasteiger partial charge in [-0.2, -0.15) is 5.26 Å². The van der Waals surface area contributed by atoms with E-state index < -0.39 is 0 Å². The van der Waals surface area contributed by atoms with Crippen molar-refractivity contribution in [2.24, 2.45) is 0 Å². The van der Waals surface area contributed by atoms with Crippen LogP contribution in [0, 0.1) is 11.3 Å². The molecular formula is C14H21N5. The molecule has 1 saturated heterocycles. The van der Waals surface area contributed by atoms with E-state index in [0.717, 1.165) is 31.9 Å². The van der Waals surface area contributed by atoms with Crippen LogP contribution < -0.4 is 11.1 Å². The number of nitriles is 1. The number of nitrogens with one attached hydrogen (secondary N) is 1. The van der Waals surface area contributed by atoms with Crippen LogP contribution in [0.2, 0.25) is 0 Å². The van der Waals surface area contributed by atoms with Crippen molar-refractivity contribution in [2.75, 3.05) is 51.3 Å². The van der Waals surface area contributed by atoms with Crippen LogP contribution in [-0.4, -0.2) is 56.1 Å². The van der Waals surface area contributed by atoms with Gasteiger partial charge in [0.15, 0.2) is 0 Å². The van der Waals surface area contributed by atoms with Gasteiger partial charge in [-0.05, 0) is 32.3 Å². The van der Waals surface area contributed by atoms with Crippen molar-refractivity contribution in [1.29, 1.82) is 5.26 Å². The molecular weight excluding hydrogens is 238 g/mol. The summed E-state index contributed by atoms with van der Waals surface area (Å²) in [5, 5.41) is 12.2. The van der Waals surface area contributed by atoms with E-state index in [1.165, 1.54) is 0 Å². The van der Waals surface area contributed by atoms with Crippen molar-refractivity contribution >= 4 is 11.4 Å². The Labute approximate surface area is 114 Å². The number of piperazine rings is 1. The molecule has 5 heteroatoms. The lowest BCUT2D eigenvalue weighted by molar-refractivity contribution is 0.122. The monoisotopic (exact) mass is 259 g/mol. The predicted molar refractivity (Wildman–Crippen MR) is 78.0 cm³/mol. The first-order valence-corrected chi connectivity index (χ1v) is 6.52. The summed E-state index contributed by atoms with van der Waals surface area (Å²) in [6, 6.07) is 7.94. The zero-order chi connectivity index (χ0) is 13.8. The summed E-state index contributed by atoms with van der Waals surface area (Å²) in [6.07, 6.45) is 0. The number of rotatable bonds is 3. The Morgan fingerprint density at radius 3 is 2.89 bits per heavy atom. The van der Waals surface area contributed by atoms with E-state index in [1.807, 2.05) is 6.07 Å². The van der Waals surface area contributed by atoms with Crippen LogP contribution in [0.5, 0.6) is 0 Å². The molecule has 1 unspecified atom stereocenters. The summed E-state index contributed by atoms with van der Waals surface area (Å²) in [5.41, 5.74) is 8.07. The maximum absolute atomic E-state index is 8.81. The number of hydrogen-bond donors (Lipinski definition) is 2. The standard InChI is InChI=1S/C14H21N5/c1-18-5-6-19(2)12(10-18)9-17-14-4-3-11(8-15)7-13(14)16/h3-4,7,12,17H,5-6,9-10,16H2,1-2H3. The lowest BCUT2D eigenvalue weighted by Gasteiger charge is -2.38. The van der Waals surface area contributed by atoms with Gasteiger partial charge in [0, 0.05) is 32.2 Å². The number of nitrogen functional groups attached to an aromatic ring is 1. The van der Waals surface area contributed by atoms with E-state index in [4.69, 9.17) is 11.0 Å². The topological polar surface area (TPSA) is 68.3 Å². The molecule has 1 aromatic carbocycles. The average molecular weight is 259 g/mol. The van der Waals surface area contributed by atoms with Crippen molar-refractivity contribution in [3.8, 4) is 6.07 Å². The molecule has 0 aromatic heterocycles. The number of hydrogen-bond acceptors (Lipinski definition) is 5. The molecule has 5 nitrogen and oxygen atoms in total. The van der Waals surface area contributed by atoms with Gasteiger partial charge in [0.05, 0.1) is 23.0 Å². The Balaban J connectivity index is 1.96. The van der Waals surface area contributed by atoms with E-state index in [0.29, 0.717) is 17.3 Å². The van der Waals surface area contributed by atoms with Crippen LogP contribution in [0.25, 0.3) is 0 Å². The highest BCUT2D eigenvalue weighted by Crippen LogP contribution is 2.20. The van der Waals surface area contributed by atoms with Crippen LogP contribution >= 0.6 is 0 Å². The number of likely N-dealkylation sites (N-methyl/N-ethyl adjacent to an activating group) is 2. The second-order valence-corrected chi connectivity index (χ2v) is 5.19. The largest absolute Gasteiger partial charge is 0.397 e. The van der Waals surface area contributed by atoms with E-state index in [1.54, 1.807) is 12.1 Å². The van der Waals surface area contributed by atoms with E-state index in [2.05, 4.69) is 35.3 Å². The molecule has 1 aromatic rings. The van der Waals surface area contributed by atoms with Gasteiger partial charge >= 0.3 is 0 Å². The lowest BCUT2D eigenvalue weighted by Crippen LogP contribution is -2.52. The molecule has 1 aliphatic heterocycles. The zero-order valence-electron chi connectivity index (χ0n) is 11.6. The van der Waals surface area contributed by atoms with E-state index >= 15 is 0 Å². The second kappa shape index (κ2) is 5.91. The van der Waals surface area contributed by atoms with Gasteiger partial charge in [-0.25, -0.2) is 0 Å². The zero-order valence-corrected chi connectivity index (χ0v) is 11.6. The Morgan fingerprint density at radius 2 is 2.21 bits per heavy atom. The van der Waals surface area contributed by atoms with Gasteiger partial charge < -0.3 is 16.0 Å². The van der Waals surface area contributed by atoms with Gasteiger partial charge in [0.25, 0.3) is 0 Å². The number of benzene rings is 1. The quantitative estimate of drug-likeness (QED) is 0.786. The Kier molecular flexibility index (Phi) is 4.25. The Hall–Kier alpha value is -1.77. The SMILES string of the molecule is CN1CCN(C)C(CNc2ccc(C#N)cc2N)C1. The van der Waals surface area contributed by atoms with Gasteiger partial charge in [0.2, 0.25) is 0 Å². The van der Waals surface area contributed by atoms with E-state index in [-0.39, 0.29) is 0 Å². The van der Waals surface area contributed by atoms with Gasteiger partial charge in [-0.15, -0.1) is 0 Å². The van der Waals surface area contributed by atoms with Crippen molar-refractivity contribution in [1.82, 2.24) is 9.80 Å². The summed E-state index contributed by atoms with van der Waals surface area (Å²) in [7, 11) is 4.30. The van der Waals surface area contributed by atoms with Crippen molar-refractivity contribution < 1.29 is 0 Å². The molecule has 1 aliphatic rings. The fourth-order valence-corrected chi connectivity index (χ4v) is 2.34. The highest BCUT2D eigenvalue weighted by Gasteiger charge is 2.21. The van der Waals surface area contributed by atoms with Crippen LogP contribution in [0.1, 0.15) is 5.56 Å². The molecule has 0 radical (unpaired) electrons. The minimum atomic E-state index is 0.480. The first-order valence-electron chi connectivity index (χ1n) is 6.52. The molecule has 0 bridgehead atoms. The average Bonchev–Trinajstić information content (AvgIpc) is 2.40. The third-order valence-electron chi connectivity index (χ3n) is 3.69. The molecule has 0 saturated carbocycles.